The smallest absolute Gasteiger partial charge is 0.264 e. The van der Waals surface area contributed by atoms with Crippen molar-refractivity contribution in [2.24, 2.45) is 0 Å². The highest BCUT2D eigenvalue weighted by Crippen LogP contribution is 2.38. The van der Waals surface area contributed by atoms with E-state index < -0.39 is 0 Å². The molecular formula is C20H23N3O3S. The quantitative estimate of drug-likeness (QED) is 0.813. The zero-order valence-electron chi connectivity index (χ0n) is 15.4. The van der Waals surface area contributed by atoms with Crippen LogP contribution >= 0.6 is 11.3 Å². The Morgan fingerprint density at radius 1 is 1.37 bits per heavy atom. The van der Waals surface area contributed by atoms with Gasteiger partial charge in [-0.15, -0.1) is 11.3 Å². The van der Waals surface area contributed by atoms with E-state index in [4.69, 9.17) is 9.47 Å². The summed E-state index contributed by atoms with van der Waals surface area (Å²) in [6.45, 7) is 3.85. The lowest BCUT2D eigenvalue weighted by Gasteiger charge is -2.52. The van der Waals surface area contributed by atoms with Crippen LogP contribution < -0.4 is 4.74 Å². The molecule has 4 heterocycles. The highest BCUT2D eigenvalue weighted by molar-refractivity contribution is 7.14. The van der Waals surface area contributed by atoms with E-state index in [2.05, 4.69) is 16.0 Å². The molecule has 1 atom stereocenters. The monoisotopic (exact) mass is 385 g/mol. The fraction of sp³-hybridized carbons (Fsp3) is 0.550. The van der Waals surface area contributed by atoms with E-state index in [0.717, 1.165) is 36.3 Å². The molecule has 1 spiro atoms. The number of carbonyl (C=O) groups is 1. The lowest BCUT2D eigenvalue weighted by Crippen LogP contribution is -2.67. The predicted molar refractivity (Wildman–Crippen MR) is 101 cm³/mol. The van der Waals surface area contributed by atoms with E-state index in [1.165, 1.54) is 16.9 Å². The maximum Gasteiger partial charge on any atom is 0.264 e. The molecule has 2 aromatic rings. The molecule has 0 saturated carbocycles. The second-order valence-corrected chi connectivity index (χ2v) is 8.97. The van der Waals surface area contributed by atoms with Gasteiger partial charge in [-0.25, -0.2) is 4.98 Å². The normalized spacial score (nSPS) is 23.1. The van der Waals surface area contributed by atoms with Gasteiger partial charge < -0.3 is 14.4 Å². The van der Waals surface area contributed by atoms with Gasteiger partial charge in [-0.1, -0.05) is 0 Å². The Morgan fingerprint density at radius 3 is 3.07 bits per heavy atom. The van der Waals surface area contributed by atoms with E-state index in [-0.39, 0.29) is 17.6 Å². The number of carbonyl (C=O) groups excluding carboxylic acids is 1. The highest BCUT2D eigenvalue weighted by atomic mass is 32.1. The van der Waals surface area contributed by atoms with E-state index in [1.807, 2.05) is 11.8 Å². The van der Waals surface area contributed by atoms with Crippen LogP contribution in [0.4, 0.5) is 0 Å². The number of thiophene rings is 1. The van der Waals surface area contributed by atoms with Crippen molar-refractivity contribution in [3.63, 3.8) is 0 Å². The molecule has 1 aliphatic carbocycles. The number of aryl methyl sites for hydroxylation is 3. The number of rotatable bonds is 3. The Labute approximate surface area is 162 Å². The van der Waals surface area contributed by atoms with Gasteiger partial charge in [0.15, 0.2) is 0 Å². The van der Waals surface area contributed by atoms with Gasteiger partial charge in [-0.2, -0.15) is 0 Å². The molecule has 3 aliphatic rings. The highest BCUT2D eigenvalue weighted by Gasteiger charge is 2.50. The lowest BCUT2D eigenvalue weighted by molar-refractivity contribution is -0.174. The second-order valence-electron chi connectivity index (χ2n) is 7.84. The third-order valence-electron chi connectivity index (χ3n) is 5.67. The number of ether oxygens (including phenoxy) is 2. The summed E-state index contributed by atoms with van der Waals surface area (Å²) in [5.41, 5.74) is 1.95. The Kier molecular flexibility index (Phi) is 4.16. The molecule has 5 rings (SSSR count). The second kappa shape index (κ2) is 6.56. The Balaban J connectivity index is 1.21. The van der Waals surface area contributed by atoms with Gasteiger partial charge in [-0.3, -0.25) is 9.78 Å². The SMILES string of the molecule is Cc1cncc(O[C@@H]2CCOC3(C2)CN(C(=O)c2cc4c(s2)CCC4)C3)n1. The van der Waals surface area contributed by atoms with Crippen molar-refractivity contribution in [1.29, 1.82) is 0 Å². The average Bonchev–Trinajstić information content (AvgIpc) is 3.21. The number of fused-ring (bicyclic) bond motifs is 1. The van der Waals surface area contributed by atoms with Crippen LogP contribution in [0.25, 0.3) is 0 Å². The van der Waals surface area contributed by atoms with Crippen LogP contribution in [-0.4, -0.2) is 52.2 Å². The van der Waals surface area contributed by atoms with E-state index in [9.17, 15) is 4.79 Å². The first-order valence-electron chi connectivity index (χ1n) is 9.60. The Hall–Kier alpha value is -1.99. The summed E-state index contributed by atoms with van der Waals surface area (Å²) in [5, 5.41) is 0. The van der Waals surface area contributed by atoms with Crippen molar-refractivity contribution >= 4 is 17.2 Å². The molecule has 6 nitrogen and oxygen atoms in total. The number of aromatic nitrogens is 2. The first kappa shape index (κ1) is 17.1. The first-order chi connectivity index (χ1) is 13.1. The van der Waals surface area contributed by atoms with Crippen LogP contribution in [0, 0.1) is 6.92 Å². The fourth-order valence-corrected chi connectivity index (χ4v) is 5.58. The molecule has 0 bridgehead atoms. The molecule has 0 radical (unpaired) electrons. The van der Waals surface area contributed by atoms with Crippen molar-refractivity contribution < 1.29 is 14.3 Å². The van der Waals surface area contributed by atoms with Crippen molar-refractivity contribution in [3.8, 4) is 5.88 Å². The van der Waals surface area contributed by atoms with Crippen LogP contribution in [0.15, 0.2) is 18.5 Å². The van der Waals surface area contributed by atoms with E-state index >= 15 is 0 Å². The summed E-state index contributed by atoms with van der Waals surface area (Å²) >= 11 is 1.67. The van der Waals surface area contributed by atoms with Crippen molar-refractivity contribution in [2.75, 3.05) is 19.7 Å². The molecule has 2 fully saturated rings. The van der Waals surface area contributed by atoms with Crippen molar-refractivity contribution in [3.05, 3.63) is 39.5 Å². The average molecular weight is 385 g/mol. The number of amides is 1. The standard InChI is InChI=1S/C20H23N3O3S/c1-13-9-21-10-18(22-13)26-15-5-6-25-20(8-15)11-23(12-20)19(24)17-7-14-3-2-4-16(14)27-17/h7,9-10,15H,2-6,8,11-12H2,1H3/t15-/m1/s1. The van der Waals surface area contributed by atoms with Crippen molar-refractivity contribution in [1.82, 2.24) is 14.9 Å². The molecule has 142 valence electrons. The molecule has 0 N–H and O–H groups in total. The fourth-order valence-electron chi connectivity index (χ4n) is 4.36. The van der Waals surface area contributed by atoms with Gasteiger partial charge in [0.25, 0.3) is 5.91 Å². The molecule has 2 aliphatic heterocycles. The first-order valence-corrected chi connectivity index (χ1v) is 10.4. The molecular weight excluding hydrogens is 362 g/mol. The molecule has 27 heavy (non-hydrogen) atoms. The van der Waals surface area contributed by atoms with Crippen LogP contribution in [0.3, 0.4) is 0 Å². The molecule has 2 aromatic heterocycles. The maximum absolute atomic E-state index is 12.8. The zero-order valence-corrected chi connectivity index (χ0v) is 16.3. The predicted octanol–water partition coefficient (Wildman–Crippen LogP) is 2.79. The van der Waals surface area contributed by atoms with Gasteiger partial charge in [0.1, 0.15) is 11.7 Å². The Morgan fingerprint density at radius 2 is 2.26 bits per heavy atom. The summed E-state index contributed by atoms with van der Waals surface area (Å²) in [6.07, 6.45) is 8.52. The third-order valence-corrected chi connectivity index (χ3v) is 6.90. The minimum Gasteiger partial charge on any atom is -0.473 e. The van der Waals surface area contributed by atoms with Gasteiger partial charge in [0.2, 0.25) is 5.88 Å². The maximum atomic E-state index is 12.8. The number of hydrogen-bond acceptors (Lipinski definition) is 6. The summed E-state index contributed by atoms with van der Waals surface area (Å²) in [6, 6.07) is 2.10. The summed E-state index contributed by atoms with van der Waals surface area (Å²) < 4.78 is 12.1. The summed E-state index contributed by atoms with van der Waals surface area (Å²) in [5.74, 6) is 0.716. The Bertz CT molecular complexity index is 854. The minimum absolute atomic E-state index is 0.0534. The van der Waals surface area contributed by atoms with E-state index in [0.29, 0.717) is 25.6 Å². The van der Waals surface area contributed by atoms with Gasteiger partial charge >= 0.3 is 0 Å². The molecule has 0 aromatic carbocycles. The van der Waals surface area contributed by atoms with Gasteiger partial charge in [-0.05, 0) is 37.8 Å². The third kappa shape index (κ3) is 3.23. The van der Waals surface area contributed by atoms with Crippen molar-refractivity contribution in [2.45, 2.75) is 50.7 Å². The number of hydrogen-bond donors (Lipinski definition) is 0. The van der Waals surface area contributed by atoms with Crippen LogP contribution in [0.2, 0.25) is 0 Å². The number of likely N-dealkylation sites (tertiary alicyclic amines) is 1. The summed E-state index contributed by atoms with van der Waals surface area (Å²) in [4.78, 5) is 25.5. The molecule has 7 heteroatoms. The zero-order chi connectivity index (χ0) is 18.4. The van der Waals surface area contributed by atoms with E-state index in [1.54, 1.807) is 23.7 Å². The van der Waals surface area contributed by atoms with Gasteiger partial charge in [0, 0.05) is 23.9 Å². The number of nitrogens with zero attached hydrogens (tertiary/aromatic N) is 3. The molecule has 0 unspecified atom stereocenters. The molecule has 2 saturated heterocycles. The lowest BCUT2D eigenvalue weighted by atomic mass is 9.84. The molecule has 1 amide bonds. The largest absolute Gasteiger partial charge is 0.473 e. The van der Waals surface area contributed by atoms with Crippen LogP contribution in [0.1, 0.15) is 45.1 Å². The minimum atomic E-state index is -0.268. The van der Waals surface area contributed by atoms with Gasteiger partial charge in [0.05, 0.1) is 36.5 Å². The summed E-state index contributed by atoms with van der Waals surface area (Å²) in [7, 11) is 0. The topological polar surface area (TPSA) is 64.6 Å². The van der Waals surface area contributed by atoms with Crippen LogP contribution in [0.5, 0.6) is 5.88 Å². The van der Waals surface area contributed by atoms with Crippen LogP contribution in [-0.2, 0) is 17.6 Å².